The van der Waals surface area contributed by atoms with Crippen molar-refractivity contribution in [3.63, 3.8) is 0 Å². The molecule has 1 aromatic carbocycles. The summed E-state index contributed by atoms with van der Waals surface area (Å²) in [5, 5.41) is 0. The number of rotatable bonds is 5. The molecule has 4 saturated heterocycles. The van der Waals surface area contributed by atoms with E-state index in [0.29, 0.717) is 30.1 Å². The van der Waals surface area contributed by atoms with Crippen molar-refractivity contribution >= 4 is 34.7 Å². The summed E-state index contributed by atoms with van der Waals surface area (Å²) >= 11 is 0. The third-order valence-corrected chi connectivity index (χ3v) is 16.0. The number of anilines is 1. The second-order valence-electron chi connectivity index (χ2n) is 17.5. The average molecular weight is 733 g/mol. The number of hydrogen-bond donors (Lipinski definition) is 0. The Balaban J connectivity index is 1.15. The SMILES string of the molecule is C/C=C1\CC2CCC3(C(=O)OC)N=C4C=C(c5cc6c(cc5OC)N(C)C5=C(C(=O)OC)CC7(CC)CCCN8CCC56C87)C(=O)C=C4C34CCN(C1)C24. The van der Waals surface area contributed by atoms with Crippen LogP contribution in [0.15, 0.2) is 57.8 Å². The number of ketones is 1. The predicted molar refractivity (Wildman–Crippen MR) is 205 cm³/mol. The molecule has 6 heterocycles. The maximum Gasteiger partial charge on any atom is 0.335 e. The summed E-state index contributed by atoms with van der Waals surface area (Å²) in [4.78, 5) is 55.4. The molecule has 9 aliphatic rings. The minimum Gasteiger partial charge on any atom is -0.496 e. The van der Waals surface area contributed by atoms with Gasteiger partial charge in [-0.15, -0.1) is 0 Å². The van der Waals surface area contributed by atoms with Crippen LogP contribution in [-0.4, -0.2) is 105 Å². The molecule has 1 aromatic rings. The molecule has 2 spiro atoms. The van der Waals surface area contributed by atoms with Crippen LogP contribution in [0.3, 0.4) is 0 Å². The number of esters is 2. The van der Waals surface area contributed by atoms with Crippen molar-refractivity contribution in [2.75, 3.05) is 59.5 Å². The smallest absolute Gasteiger partial charge is 0.335 e. The highest BCUT2D eigenvalue weighted by Gasteiger charge is 2.74. The first-order chi connectivity index (χ1) is 26.1. The summed E-state index contributed by atoms with van der Waals surface area (Å²) in [7, 11) is 6.69. The number of methoxy groups -OCH3 is 3. The first kappa shape index (κ1) is 34.5. The molecule has 10 nitrogen and oxygen atoms in total. The number of carbonyl (C=O) groups excluding carboxylic acids is 3. The fraction of sp³-hybridized carbons (Fsp3) is 0.591. The van der Waals surface area contributed by atoms with Crippen LogP contribution in [0, 0.1) is 16.7 Å². The van der Waals surface area contributed by atoms with Crippen molar-refractivity contribution in [1.82, 2.24) is 9.80 Å². The van der Waals surface area contributed by atoms with E-state index in [-0.39, 0.29) is 35.2 Å². The molecule has 284 valence electrons. The highest BCUT2D eigenvalue weighted by molar-refractivity contribution is 6.38. The third kappa shape index (κ3) is 3.89. The largest absolute Gasteiger partial charge is 0.496 e. The zero-order valence-electron chi connectivity index (χ0n) is 32.5. The maximum atomic E-state index is 14.8. The quantitative estimate of drug-likeness (QED) is 0.219. The first-order valence-corrected chi connectivity index (χ1v) is 20.2. The maximum absolute atomic E-state index is 14.8. The number of allylic oxidation sites excluding steroid dienone is 4. The average Bonchev–Trinajstić information content (AvgIpc) is 3.93. The number of benzene rings is 1. The number of fused-ring (bicyclic) bond motifs is 2. The predicted octanol–water partition coefficient (Wildman–Crippen LogP) is 5.56. The van der Waals surface area contributed by atoms with Gasteiger partial charge in [0.25, 0.3) is 0 Å². The molecule has 7 atom stereocenters. The molecule has 1 saturated carbocycles. The van der Waals surface area contributed by atoms with Crippen molar-refractivity contribution < 1.29 is 28.6 Å². The van der Waals surface area contributed by atoms with E-state index in [1.54, 1.807) is 7.11 Å². The van der Waals surface area contributed by atoms with Crippen molar-refractivity contribution in [1.29, 1.82) is 0 Å². The third-order valence-electron chi connectivity index (χ3n) is 16.0. The molecule has 0 aromatic heterocycles. The summed E-state index contributed by atoms with van der Waals surface area (Å²) in [6.45, 7) is 8.16. The molecular formula is C44H52N4O6. The number of likely N-dealkylation sites (N-methyl/N-ethyl adjacent to an activating group) is 1. The Morgan fingerprint density at radius 2 is 1.83 bits per heavy atom. The van der Waals surface area contributed by atoms with Crippen LogP contribution in [0.25, 0.3) is 5.57 Å². The first-order valence-electron chi connectivity index (χ1n) is 20.2. The standard InChI is InChI=1S/C44H52N4O6/c1-7-25-18-26-10-12-44(40(51)54-6)43(14-17-48(24-25)36(26)43)30-21-34(49)27(20-32(30)45-44)28-19-31-33(22-35(28)52-4)46(3)37-29(38(50)53-5)23-41(8-2)11-9-15-47-16-13-42(31,37)39(41)47/h7,19-22,26,36,39H,8-18,23-24H2,1-6H3/b25-7+. The molecule has 7 unspecified atom stereocenters. The van der Waals surface area contributed by atoms with E-state index in [1.807, 2.05) is 12.2 Å². The zero-order valence-corrected chi connectivity index (χ0v) is 32.5. The lowest BCUT2D eigenvalue weighted by molar-refractivity contribution is -0.155. The van der Waals surface area contributed by atoms with Crippen LogP contribution in [0.5, 0.6) is 5.75 Å². The Kier molecular flexibility index (Phi) is 7.35. The lowest BCUT2D eigenvalue weighted by Crippen LogP contribution is -2.64. The van der Waals surface area contributed by atoms with Gasteiger partial charge in [0, 0.05) is 54.3 Å². The second kappa shape index (κ2) is 11.5. The molecule has 0 amide bonds. The number of ether oxygens (including phenoxy) is 3. The number of piperidine rings is 2. The molecule has 5 fully saturated rings. The van der Waals surface area contributed by atoms with E-state index in [9.17, 15) is 14.4 Å². The lowest BCUT2D eigenvalue weighted by atomic mass is 9.52. The van der Waals surface area contributed by atoms with Gasteiger partial charge in [-0.25, -0.2) is 9.59 Å². The van der Waals surface area contributed by atoms with Gasteiger partial charge in [0.1, 0.15) is 5.75 Å². The van der Waals surface area contributed by atoms with Gasteiger partial charge in [-0.3, -0.25) is 19.6 Å². The van der Waals surface area contributed by atoms with E-state index in [4.69, 9.17) is 19.2 Å². The van der Waals surface area contributed by atoms with E-state index in [2.05, 4.69) is 53.8 Å². The summed E-state index contributed by atoms with van der Waals surface area (Å²) < 4.78 is 17.2. The number of hydrogen-bond acceptors (Lipinski definition) is 10. The monoisotopic (exact) mass is 732 g/mol. The number of nitrogens with zero attached hydrogens (tertiary/aromatic N) is 4. The van der Waals surface area contributed by atoms with Crippen molar-refractivity contribution in [3.8, 4) is 5.75 Å². The Bertz CT molecular complexity index is 2100. The molecule has 6 aliphatic heterocycles. The molecule has 3 aliphatic carbocycles. The normalized spacial score (nSPS) is 38.1. The summed E-state index contributed by atoms with van der Waals surface area (Å²) in [6, 6.07) is 4.62. The van der Waals surface area contributed by atoms with E-state index < -0.39 is 16.4 Å². The van der Waals surface area contributed by atoms with E-state index >= 15 is 0 Å². The van der Waals surface area contributed by atoms with Gasteiger partial charge in [0.05, 0.1) is 43.4 Å². The fourth-order valence-electron chi connectivity index (χ4n) is 14.1. The van der Waals surface area contributed by atoms with Crippen LogP contribution in [0.1, 0.15) is 82.8 Å². The molecule has 0 bridgehead atoms. The van der Waals surface area contributed by atoms with Crippen LogP contribution in [0.4, 0.5) is 5.69 Å². The Hall–Kier alpha value is -4.02. The van der Waals surface area contributed by atoms with Crippen LogP contribution < -0.4 is 9.64 Å². The molecule has 0 N–H and O–H groups in total. The lowest BCUT2D eigenvalue weighted by Gasteiger charge is -2.56. The Labute approximate surface area is 317 Å². The Morgan fingerprint density at radius 1 is 1.02 bits per heavy atom. The van der Waals surface area contributed by atoms with Gasteiger partial charge in [-0.1, -0.05) is 18.6 Å². The highest BCUT2D eigenvalue weighted by Crippen LogP contribution is 2.69. The topological polar surface area (TPSA) is 101 Å². The summed E-state index contributed by atoms with van der Waals surface area (Å²) in [6.07, 6.45) is 14.0. The van der Waals surface area contributed by atoms with Gasteiger partial charge < -0.3 is 19.1 Å². The molecule has 0 radical (unpaired) electrons. The minimum atomic E-state index is -1.06. The van der Waals surface area contributed by atoms with Crippen LogP contribution in [0.2, 0.25) is 0 Å². The molecule has 10 rings (SSSR count). The molecule has 54 heavy (non-hydrogen) atoms. The summed E-state index contributed by atoms with van der Waals surface area (Å²) in [5.41, 5.74) is 6.17. The zero-order chi connectivity index (χ0) is 37.5. The molecular weight excluding hydrogens is 681 g/mol. The van der Waals surface area contributed by atoms with Crippen molar-refractivity contribution in [3.05, 3.63) is 63.9 Å². The van der Waals surface area contributed by atoms with Gasteiger partial charge in [-0.2, -0.15) is 0 Å². The van der Waals surface area contributed by atoms with Gasteiger partial charge >= 0.3 is 11.9 Å². The Morgan fingerprint density at radius 3 is 2.57 bits per heavy atom. The van der Waals surface area contributed by atoms with E-state index in [1.165, 1.54) is 19.8 Å². The van der Waals surface area contributed by atoms with Crippen LogP contribution in [-0.2, 0) is 29.3 Å². The number of carbonyl (C=O) groups is 3. The molecule has 10 heteroatoms. The number of aliphatic imine (C=N–C) groups is 1. The highest BCUT2D eigenvalue weighted by atomic mass is 16.5. The van der Waals surface area contributed by atoms with Gasteiger partial charge in [-0.05, 0) is 125 Å². The second-order valence-corrected chi connectivity index (χ2v) is 17.5. The summed E-state index contributed by atoms with van der Waals surface area (Å²) in [5.74, 6) is 0.361. The van der Waals surface area contributed by atoms with E-state index in [0.717, 1.165) is 110 Å². The van der Waals surface area contributed by atoms with Crippen LogP contribution >= 0.6 is 0 Å². The van der Waals surface area contributed by atoms with Gasteiger partial charge in [0.2, 0.25) is 0 Å². The van der Waals surface area contributed by atoms with Crippen molar-refractivity contribution in [2.24, 2.45) is 21.7 Å². The van der Waals surface area contributed by atoms with Crippen molar-refractivity contribution in [2.45, 2.75) is 94.7 Å². The van der Waals surface area contributed by atoms with Gasteiger partial charge in [0.15, 0.2) is 11.3 Å². The fourth-order valence-corrected chi connectivity index (χ4v) is 14.1. The minimum absolute atomic E-state index is 0.0574.